The Balaban J connectivity index is 1.67. The van der Waals surface area contributed by atoms with Gasteiger partial charge in [-0.15, -0.1) is 0 Å². The molecule has 0 saturated heterocycles. The predicted molar refractivity (Wildman–Crippen MR) is 130 cm³/mol. The van der Waals surface area contributed by atoms with Crippen LogP contribution >= 0.6 is 11.8 Å². The van der Waals surface area contributed by atoms with Crippen molar-refractivity contribution in [3.05, 3.63) is 82.2 Å². The lowest BCUT2D eigenvalue weighted by molar-refractivity contribution is -0.127. The molecule has 0 aliphatic carbocycles. The van der Waals surface area contributed by atoms with Crippen LogP contribution in [0.4, 0.5) is 4.39 Å². The standard InChI is InChI=1S/C25H27FN4O3S/c1-4-29(5-2)24(32)22-16(3)28-25-30(23(22)19-10-6-7-11-20(19)26)17(15-34-25)13-21(31)27-14-18-9-8-12-33-18/h6-12,15,23H,4-5,13-14H2,1-3H3,(H,27,31)/t23-/m1/s1. The Morgan fingerprint density at radius 1 is 1.21 bits per heavy atom. The number of aliphatic imine (C=N–C) groups is 1. The first-order valence-corrected chi connectivity index (χ1v) is 12.1. The molecule has 1 aromatic carbocycles. The van der Waals surface area contributed by atoms with E-state index in [1.165, 1.54) is 17.8 Å². The highest BCUT2D eigenvalue weighted by molar-refractivity contribution is 8.16. The number of carbonyl (C=O) groups is 2. The molecular formula is C25H27FN4O3S. The molecule has 0 bridgehead atoms. The number of nitrogens with one attached hydrogen (secondary N) is 1. The summed E-state index contributed by atoms with van der Waals surface area (Å²) >= 11 is 1.37. The largest absolute Gasteiger partial charge is 0.467 e. The number of nitrogens with zero attached hydrogens (tertiary/aromatic N) is 3. The highest BCUT2D eigenvalue weighted by atomic mass is 32.2. The first-order chi connectivity index (χ1) is 16.4. The fourth-order valence-corrected chi connectivity index (χ4v) is 5.11. The van der Waals surface area contributed by atoms with E-state index in [0.29, 0.717) is 46.5 Å². The van der Waals surface area contributed by atoms with Gasteiger partial charge >= 0.3 is 0 Å². The van der Waals surface area contributed by atoms with Gasteiger partial charge in [0.25, 0.3) is 5.91 Å². The van der Waals surface area contributed by atoms with E-state index in [0.717, 1.165) is 0 Å². The van der Waals surface area contributed by atoms with Crippen LogP contribution in [0.5, 0.6) is 0 Å². The number of benzene rings is 1. The molecule has 0 saturated carbocycles. The van der Waals surface area contributed by atoms with Gasteiger partial charge in [0.2, 0.25) is 5.91 Å². The highest BCUT2D eigenvalue weighted by Crippen LogP contribution is 2.45. The first kappa shape index (κ1) is 23.8. The number of amidine groups is 1. The molecule has 3 heterocycles. The van der Waals surface area contributed by atoms with E-state index in [1.807, 2.05) is 24.2 Å². The minimum Gasteiger partial charge on any atom is -0.467 e. The fourth-order valence-electron chi connectivity index (χ4n) is 4.14. The van der Waals surface area contributed by atoms with Crippen molar-refractivity contribution in [1.29, 1.82) is 0 Å². The average Bonchev–Trinajstić information content (AvgIpc) is 3.48. The minimum atomic E-state index is -0.721. The van der Waals surface area contributed by atoms with E-state index in [2.05, 4.69) is 10.3 Å². The average molecular weight is 483 g/mol. The molecule has 0 unspecified atom stereocenters. The van der Waals surface area contributed by atoms with Crippen LogP contribution < -0.4 is 5.32 Å². The molecule has 2 aliphatic rings. The summed E-state index contributed by atoms with van der Waals surface area (Å²) in [7, 11) is 0. The van der Waals surface area contributed by atoms with E-state index in [9.17, 15) is 9.59 Å². The Kier molecular flexibility index (Phi) is 7.21. The van der Waals surface area contributed by atoms with Gasteiger partial charge in [0.05, 0.1) is 36.5 Å². The third-order valence-electron chi connectivity index (χ3n) is 5.86. The number of carbonyl (C=O) groups excluding carboxylic acids is 2. The Morgan fingerprint density at radius 3 is 2.65 bits per heavy atom. The molecule has 0 fully saturated rings. The Bertz CT molecular complexity index is 1170. The van der Waals surface area contributed by atoms with E-state index < -0.39 is 11.9 Å². The van der Waals surface area contributed by atoms with Crippen LogP contribution in [0.25, 0.3) is 0 Å². The SMILES string of the molecule is CCN(CC)C(=O)C1=C(C)N=C2SC=C(CC(=O)NCc3ccco3)N2[C@@H]1c1ccccc1F. The van der Waals surface area contributed by atoms with Gasteiger partial charge in [0, 0.05) is 24.4 Å². The van der Waals surface area contributed by atoms with Gasteiger partial charge in [-0.05, 0) is 44.4 Å². The summed E-state index contributed by atoms with van der Waals surface area (Å²) in [6, 6.07) is 9.27. The quantitative estimate of drug-likeness (QED) is 0.597. The van der Waals surface area contributed by atoms with Crippen molar-refractivity contribution in [2.24, 2.45) is 4.99 Å². The monoisotopic (exact) mass is 482 g/mol. The third-order valence-corrected chi connectivity index (χ3v) is 6.75. The molecular weight excluding hydrogens is 455 g/mol. The summed E-state index contributed by atoms with van der Waals surface area (Å²) in [6.45, 7) is 6.93. The van der Waals surface area contributed by atoms with Crippen LogP contribution in [-0.4, -0.2) is 39.9 Å². The number of rotatable bonds is 8. The Labute approximate surface area is 202 Å². The maximum Gasteiger partial charge on any atom is 0.254 e. The first-order valence-electron chi connectivity index (χ1n) is 11.2. The van der Waals surface area contributed by atoms with Crippen molar-refractivity contribution in [3.63, 3.8) is 0 Å². The van der Waals surface area contributed by atoms with Crippen LogP contribution in [0.3, 0.4) is 0 Å². The van der Waals surface area contributed by atoms with Gasteiger partial charge in [-0.3, -0.25) is 9.59 Å². The van der Waals surface area contributed by atoms with Crippen molar-refractivity contribution in [2.75, 3.05) is 13.1 Å². The number of amides is 2. The van der Waals surface area contributed by atoms with E-state index in [4.69, 9.17) is 4.42 Å². The van der Waals surface area contributed by atoms with Crippen molar-refractivity contribution in [3.8, 4) is 0 Å². The number of thioether (sulfide) groups is 1. The number of hydrogen-bond acceptors (Lipinski definition) is 6. The van der Waals surface area contributed by atoms with E-state index in [1.54, 1.807) is 48.4 Å². The molecule has 2 amide bonds. The molecule has 0 radical (unpaired) electrons. The third kappa shape index (κ3) is 4.65. The second-order valence-electron chi connectivity index (χ2n) is 7.92. The predicted octanol–water partition coefficient (Wildman–Crippen LogP) is 4.57. The summed E-state index contributed by atoms with van der Waals surface area (Å²) in [5.41, 5.74) is 2.00. The molecule has 1 aromatic heterocycles. The van der Waals surface area contributed by atoms with Crippen LogP contribution in [-0.2, 0) is 16.1 Å². The van der Waals surface area contributed by atoms with Crippen LogP contribution in [0.15, 0.2) is 74.4 Å². The smallest absolute Gasteiger partial charge is 0.254 e. The fraction of sp³-hybridized carbons (Fsp3) is 0.320. The number of fused-ring (bicyclic) bond motifs is 1. The minimum absolute atomic E-state index is 0.0590. The molecule has 1 atom stereocenters. The molecule has 2 aromatic rings. The molecule has 34 heavy (non-hydrogen) atoms. The van der Waals surface area contributed by atoms with Crippen LogP contribution in [0.1, 0.15) is 44.6 Å². The summed E-state index contributed by atoms with van der Waals surface area (Å²) in [4.78, 5) is 34.5. The zero-order valence-corrected chi connectivity index (χ0v) is 20.2. The van der Waals surface area contributed by atoms with Crippen LogP contribution in [0, 0.1) is 5.82 Å². The second kappa shape index (κ2) is 10.3. The van der Waals surface area contributed by atoms with Gasteiger partial charge in [0.15, 0.2) is 5.17 Å². The van der Waals surface area contributed by atoms with E-state index in [-0.39, 0.29) is 24.8 Å². The molecule has 178 valence electrons. The summed E-state index contributed by atoms with van der Waals surface area (Å²) in [6.07, 6.45) is 1.61. The number of furan rings is 1. The number of allylic oxidation sites excluding steroid dienone is 1. The van der Waals surface area contributed by atoms with Gasteiger partial charge in [-0.25, -0.2) is 9.38 Å². The number of halogens is 1. The number of likely N-dealkylation sites (N-methyl/N-ethyl adjacent to an activating group) is 1. The maximum atomic E-state index is 15.1. The Morgan fingerprint density at radius 2 is 1.97 bits per heavy atom. The zero-order chi connectivity index (χ0) is 24.2. The lowest BCUT2D eigenvalue weighted by Gasteiger charge is -2.38. The highest BCUT2D eigenvalue weighted by Gasteiger charge is 2.42. The molecule has 9 heteroatoms. The summed E-state index contributed by atoms with van der Waals surface area (Å²) in [5.74, 6) is -0.153. The molecule has 0 spiro atoms. The molecule has 1 N–H and O–H groups in total. The van der Waals surface area contributed by atoms with Crippen molar-refractivity contribution < 1.29 is 18.4 Å². The van der Waals surface area contributed by atoms with Gasteiger partial charge in [0.1, 0.15) is 11.6 Å². The molecule has 2 aliphatic heterocycles. The van der Waals surface area contributed by atoms with Crippen molar-refractivity contribution in [2.45, 2.75) is 39.8 Å². The topological polar surface area (TPSA) is 78.1 Å². The number of hydrogen-bond donors (Lipinski definition) is 1. The normalized spacial score (nSPS) is 17.3. The van der Waals surface area contributed by atoms with E-state index >= 15 is 4.39 Å². The van der Waals surface area contributed by atoms with Gasteiger partial charge in [-0.2, -0.15) is 0 Å². The second-order valence-corrected chi connectivity index (χ2v) is 8.76. The van der Waals surface area contributed by atoms with Crippen molar-refractivity contribution in [1.82, 2.24) is 15.1 Å². The summed E-state index contributed by atoms with van der Waals surface area (Å²) < 4.78 is 20.4. The molecule has 4 rings (SSSR count). The lowest BCUT2D eigenvalue weighted by atomic mass is 9.92. The summed E-state index contributed by atoms with van der Waals surface area (Å²) in [5, 5.41) is 5.31. The van der Waals surface area contributed by atoms with Gasteiger partial charge < -0.3 is 19.5 Å². The lowest BCUT2D eigenvalue weighted by Crippen LogP contribution is -2.42. The zero-order valence-electron chi connectivity index (χ0n) is 19.4. The van der Waals surface area contributed by atoms with Gasteiger partial charge in [-0.1, -0.05) is 30.0 Å². The molecule has 7 nitrogen and oxygen atoms in total. The maximum absolute atomic E-state index is 15.1. The van der Waals surface area contributed by atoms with Crippen molar-refractivity contribution >= 4 is 28.7 Å². The Hall–Kier alpha value is -3.33. The van der Waals surface area contributed by atoms with Crippen LogP contribution in [0.2, 0.25) is 0 Å².